The summed E-state index contributed by atoms with van der Waals surface area (Å²) in [5.41, 5.74) is 1.06. The van der Waals surface area contributed by atoms with Crippen molar-refractivity contribution in [2.24, 2.45) is 0 Å². The summed E-state index contributed by atoms with van der Waals surface area (Å²) in [4.78, 5) is 3.87. The Labute approximate surface area is 102 Å². The van der Waals surface area contributed by atoms with Crippen LogP contribution in [0.25, 0.3) is 0 Å². The molecule has 0 saturated heterocycles. The van der Waals surface area contributed by atoms with Crippen LogP contribution in [0.5, 0.6) is 0 Å². The molecule has 1 aromatic rings. The van der Waals surface area contributed by atoms with Crippen LogP contribution in [0, 0.1) is 37.7 Å². The van der Waals surface area contributed by atoms with Crippen molar-refractivity contribution in [3.05, 3.63) is 30.1 Å². The summed E-state index contributed by atoms with van der Waals surface area (Å²) in [6.07, 6.45) is 3.49. The predicted molar refractivity (Wildman–Crippen MR) is 41.0 cm³/mol. The first kappa shape index (κ1) is 13.6. The van der Waals surface area contributed by atoms with Gasteiger partial charge in [0, 0.05) is 56.0 Å². The molecule has 1 heterocycles. The molecule has 0 amide bonds. The van der Waals surface area contributed by atoms with E-state index in [0.29, 0.717) is 5.88 Å². The van der Waals surface area contributed by atoms with Crippen molar-refractivity contribution in [3.63, 3.8) is 0 Å². The SMILES string of the molecule is Cl.ClCc1cccnc1.[Ar]. The van der Waals surface area contributed by atoms with E-state index in [4.69, 9.17) is 11.6 Å². The van der Waals surface area contributed by atoms with Crippen LogP contribution in [0.3, 0.4) is 0 Å². The van der Waals surface area contributed by atoms with Gasteiger partial charge in [-0.05, 0) is 11.6 Å². The third kappa shape index (κ3) is 4.75. The van der Waals surface area contributed by atoms with Gasteiger partial charge in [-0.15, -0.1) is 24.0 Å². The first-order chi connectivity index (χ1) is 3.93. The van der Waals surface area contributed by atoms with Crippen molar-refractivity contribution in [1.82, 2.24) is 4.98 Å². The fraction of sp³-hybridized carbons (Fsp3) is 0.167. The third-order valence-corrected chi connectivity index (χ3v) is 1.19. The van der Waals surface area contributed by atoms with Crippen LogP contribution in [-0.2, 0) is 5.88 Å². The van der Waals surface area contributed by atoms with E-state index < -0.39 is 0 Å². The smallest absolute Gasteiger partial charge is 0.0489 e. The Kier molecular flexibility index (Phi) is 11.0. The average molecular weight is 204 g/mol. The Morgan fingerprint density at radius 1 is 1.50 bits per heavy atom. The standard InChI is InChI=1S/C6H6ClN.Ar.ClH/c7-4-6-2-1-3-8-5-6;;/h1-3,5H,4H2;;1H. The number of halogens is 2. The van der Waals surface area contributed by atoms with Crippen LogP contribution in [0.15, 0.2) is 24.5 Å². The quantitative estimate of drug-likeness (QED) is 0.639. The van der Waals surface area contributed by atoms with Gasteiger partial charge in [-0.25, -0.2) is 0 Å². The Morgan fingerprint density at radius 2 is 2.20 bits per heavy atom. The molecular weight excluding hydrogens is 197 g/mol. The summed E-state index contributed by atoms with van der Waals surface area (Å²) in [5.74, 6) is 0.549. The van der Waals surface area contributed by atoms with Crippen LogP contribution in [0.2, 0.25) is 0 Å². The van der Waals surface area contributed by atoms with E-state index in [0.717, 1.165) is 5.56 Å². The molecule has 0 unspecified atom stereocenters. The third-order valence-electron chi connectivity index (χ3n) is 0.877. The molecule has 0 aliphatic carbocycles. The minimum absolute atomic E-state index is 0. The molecule has 0 spiro atoms. The minimum atomic E-state index is 0. The molecule has 10 heavy (non-hydrogen) atoms. The molecule has 0 aliphatic rings. The fourth-order valence-electron chi connectivity index (χ4n) is 0.477. The first-order valence-electron chi connectivity index (χ1n) is 2.38. The monoisotopic (exact) mass is 203 g/mol. The number of hydrogen-bond donors (Lipinski definition) is 0. The number of aromatic nitrogens is 1. The zero-order valence-electron chi connectivity index (χ0n) is 5.10. The van der Waals surface area contributed by atoms with E-state index in [9.17, 15) is 0 Å². The topological polar surface area (TPSA) is 12.9 Å². The van der Waals surface area contributed by atoms with E-state index >= 15 is 0 Å². The molecule has 0 radical (unpaired) electrons. The maximum Gasteiger partial charge on any atom is 0.0489 e. The van der Waals surface area contributed by atoms with Crippen LogP contribution >= 0.6 is 24.0 Å². The second-order valence-corrected chi connectivity index (χ2v) is 1.76. The summed E-state index contributed by atoms with van der Waals surface area (Å²) >= 11 is 5.49. The van der Waals surface area contributed by atoms with Gasteiger partial charge in [-0.2, -0.15) is 0 Å². The molecule has 1 aromatic heterocycles. The second kappa shape index (κ2) is 8.09. The van der Waals surface area contributed by atoms with Crippen LogP contribution in [0.4, 0.5) is 0 Å². The molecule has 0 atom stereocenters. The van der Waals surface area contributed by atoms with E-state index in [1.54, 1.807) is 12.4 Å². The molecule has 0 fully saturated rings. The first-order valence-corrected chi connectivity index (χ1v) is 2.92. The Hall–Kier alpha value is 0.990. The van der Waals surface area contributed by atoms with Crippen LogP contribution in [-0.4, -0.2) is 4.98 Å². The Balaban J connectivity index is 0. The molecule has 4 heteroatoms. The van der Waals surface area contributed by atoms with Crippen molar-refractivity contribution in [2.45, 2.75) is 5.88 Å². The van der Waals surface area contributed by atoms with Gasteiger partial charge in [-0.3, -0.25) is 4.98 Å². The number of pyridine rings is 1. The summed E-state index contributed by atoms with van der Waals surface area (Å²) in [5, 5.41) is 0. The van der Waals surface area contributed by atoms with E-state index in [-0.39, 0.29) is 50.1 Å². The maximum absolute atomic E-state index is 5.49. The van der Waals surface area contributed by atoms with Crippen LogP contribution < -0.4 is 0 Å². The van der Waals surface area contributed by atoms with Gasteiger partial charge in [0.05, 0.1) is 0 Å². The average Bonchev–Trinajstić information content (AvgIpc) is 1.90. The van der Waals surface area contributed by atoms with Gasteiger partial charge in [0.25, 0.3) is 0 Å². The minimum Gasteiger partial charge on any atom is -0.264 e. The second-order valence-electron chi connectivity index (χ2n) is 1.49. The van der Waals surface area contributed by atoms with Crippen molar-refractivity contribution in [1.29, 1.82) is 0 Å². The maximum atomic E-state index is 5.49. The molecule has 0 saturated carbocycles. The van der Waals surface area contributed by atoms with Gasteiger partial charge in [0.2, 0.25) is 0 Å². The van der Waals surface area contributed by atoms with E-state index in [2.05, 4.69) is 4.98 Å². The van der Waals surface area contributed by atoms with Crippen LogP contribution in [0.1, 0.15) is 5.56 Å². The zero-order valence-corrected chi connectivity index (χ0v) is 7.38. The zero-order chi connectivity index (χ0) is 5.82. The number of nitrogens with zero attached hydrogens (tertiary/aromatic N) is 1. The number of rotatable bonds is 1. The molecule has 1 nitrogen and oxygen atoms in total. The molecule has 0 bridgehead atoms. The molecule has 0 aromatic carbocycles. The molecule has 0 N–H and O–H groups in total. The van der Waals surface area contributed by atoms with Gasteiger partial charge < -0.3 is 0 Å². The fourth-order valence-corrected chi connectivity index (χ4v) is 0.635. The summed E-state index contributed by atoms with van der Waals surface area (Å²) in [6, 6.07) is 3.82. The molecule has 0 aliphatic heterocycles. The molecule has 1 rings (SSSR count). The van der Waals surface area contributed by atoms with Gasteiger partial charge >= 0.3 is 0 Å². The van der Waals surface area contributed by atoms with Crippen molar-refractivity contribution < 1.29 is 37.7 Å². The predicted octanol–water partition coefficient (Wildman–Crippen LogP) is 2.24. The van der Waals surface area contributed by atoms with Gasteiger partial charge in [0.1, 0.15) is 0 Å². The normalized spacial score (nSPS) is 7.30. The number of hydrogen-bond acceptors (Lipinski definition) is 1. The van der Waals surface area contributed by atoms with E-state index in [1.807, 2.05) is 12.1 Å². The van der Waals surface area contributed by atoms with E-state index in [1.165, 1.54) is 0 Å². The van der Waals surface area contributed by atoms with Crippen molar-refractivity contribution in [3.8, 4) is 0 Å². The van der Waals surface area contributed by atoms with Crippen molar-refractivity contribution in [2.75, 3.05) is 0 Å². The molecular formula is C6H7ArCl2N. The largest absolute Gasteiger partial charge is 0.264 e. The van der Waals surface area contributed by atoms with Crippen molar-refractivity contribution >= 4 is 24.0 Å². The summed E-state index contributed by atoms with van der Waals surface area (Å²) in [6.45, 7) is 0. The Morgan fingerprint density at radius 3 is 2.50 bits per heavy atom. The Bertz CT molecular complexity index is 157. The van der Waals surface area contributed by atoms with Gasteiger partial charge in [0.15, 0.2) is 0 Å². The summed E-state index contributed by atoms with van der Waals surface area (Å²) in [7, 11) is 0. The summed E-state index contributed by atoms with van der Waals surface area (Å²) < 4.78 is 0. The molecule has 58 valence electrons. The van der Waals surface area contributed by atoms with Gasteiger partial charge in [-0.1, -0.05) is 6.07 Å². The number of alkyl halides is 1.